The number of likely N-dealkylation sites (tertiary alicyclic amines) is 1. The smallest absolute Gasteiger partial charge is 0.253 e. The van der Waals surface area contributed by atoms with Crippen LogP contribution in [0, 0.1) is 5.92 Å². The highest BCUT2D eigenvalue weighted by Crippen LogP contribution is 2.32. The molecule has 4 nitrogen and oxygen atoms in total. The first-order chi connectivity index (χ1) is 11.4. The number of carbonyl (C=O) groups is 1. The summed E-state index contributed by atoms with van der Waals surface area (Å²) in [6.45, 7) is 5.88. The van der Waals surface area contributed by atoms with E-state index < -0.39 is 11.8 Å². The zero-order valence-corrected chi connectivity index (χ0v) is 14.4. The van der Waals surface area contributed by atoms with Crippen molar-refractivity contribution in [2.75, 3.05) is 26.2 Å². The van der Waals surface area contributed by atoms with Crippen LogP contribution in [0.5, 0.6) is 0 Å². The lowest BCUT2D eigenvalue weighted by atomic mass is 9.95. The quantitative estimate of drug-likeness (QED) is 0.830. The molecule has 6 heteroatoms. The molecule has 1 aliphatic rings. The van der Waals surface area contributed by atoms with Crippen LogP contribution in [0.25, 0.3) is 0 Å². The van der Waals surface area contributed by atoms with Gasteiger partial charge in [0.15, 0.2) is 0 Å². The van der Waals surface area contributed by atoms with Crippen LogP contribution >= 0.6 is 0 Å². The number of piperidine rings is 1. The third-order valence-electron chi connectivity index (χ3n) is 4.37. The molecular formula is C18H26F2N2O2. The number of hydrogen-bond donors (Lipinski definition) is 1. The molecule has 1 unspecified atom stereocenters. The average Bonchev–Trinajstić information content (AvgIpc) is 2.56. The molecule has 1 aliphatic heterocycles. The number of nitrogens with zero attached hydrogens (tertiary/aromatic N) is 1. The van der Waals surface area contributed by atoms with E-state index in [4.69, 9.17) is 4.74 Å². The van der Waals surface area contributed by atoms with E-state index >= 15 is 0 Å². The van der Waals surface area contributed by atoms with Gasteiger partial charge >= 0.3 is 0 Å². The minimum Gasteiger partial charge on any atom is -0.377 e. The van der Waals surface area contributed by atoms with Gasteiger partial charge in [-0.3, -0.25) is 9.69 Å². The molecule has 0 spiro atoms. The van der Waals surface area contributed by atoms with Crippen molar-refractivity contribution in [2.45, 2.75) is 39.3 Å². The third-order valence-corrected chi connectivity index (χ3v) is 4.37. The number of alkyl halides is 2. The van der Waals surface area contributed by atoms with Crippen molar-refractivity contribution in [2.24, 2.45) is 5.92 Å². The van der Waals surface area contributed by atoms with Gasteiger partial charge in [-0.05, 0) is 18.1 Å². The number of carbonyl (C=O) groups excluding carboxylic acids is 1. The Morgan fingerprint density at radius 3 is 2.62 bits per heavy atom. The maximum atomic E-state index is 13.5. The zero-order valence-electron chi connectivity index (χ0n) is 14.4. The lowest BCUT2D eigenvalue weighted by Gasteiger charge is -2.36. The molecule has 1 aromatic carbocycles. The molecule has 1 amide bonds. The summed E-state index contributed by atoms with van der Waals surface area (Å²) in [4.78, 5) is 13.8. The second-order valence-electron chi connectivity index (χ2n) is 6.38. The van der Waals surface area contributed by atoms with Crippen molar-refractivity contribution >= 4 is 5.91 Å². The molecule has 1 heterocycles. The van der Waals surface area contributed by atoms with Gasteiger partial charge in [0.2, 0.25) is 5.91 Å². The maximum absolute atomic E-state index is 13.5. The summed E-state index contributed by atoms with van der Waals surface area (Å²) in [6, 6.07) is 7.87. The summed E-state index contributed by atoms with van der Waals surface area (Å²) in [5, 5.41) is 2.85. The Balaban J connectivity index is 1.73. The highest BCUT2D eigenvalue weighted by molar-refractivity contribution is 5.78. The predicted octanol–water partition coefficient (Wildman–Crippen LogP) is 2.82. The average molecular weight is 340 g/mol. The van der Waals surface area contributed by atoms with Crippen molar-refractivity contribution in [1.29, 1.82) is 0 Å². The number of amides is 1. The molecule has 1 fully saturated rings. The fraction of sp³-hybridized carbons (Fsp3) is 0.611. The monoisotopic (exact) mass is 340 g/mol. The lowest BCUT2D eigenvalue weighted by Crippen LogP contribution is -2.48. The molecule has 1 N–H and O–H groups in total. The molecule has 0 aromatic heterocycles. The summed E-state index contributed by atoms with van der Waals surface area (Å²) >= 11 is 0. The van der Waals surface area contributed by atoms with Crippen LogP contribution in [0.1, 0.15) is 31.4 Å². The molecule has 24 heavy (non-hydrogen) atoms. The standard InChI is InChI=1S/C18H26F2N2O2/c1-3-24-13-16-6-4-15(5-7-16)10-21-17(23)12-22-9-8-18(19,20)14(2)11-22/h4-7,14H,3,8-13H2,1-2H3,(H,21,23). The van der Waals surface area contributed by atoms with E-state index in [0.29, 0.717) is 19.8 Å². The Bertz CT molecular complexity index is 534. The van der Waals surface area contributed by atoms with E-state index in [0.717, 1.165) is 11.1 Å². The summed E-state index contributed by atoms with van der Waals surface area (Å²) in [7, 11) is 0. The fourth-order valence-corrected chi connectivity index (χ4v) is 2.74. The molecule has 134 valence electrons. The van der Waals surface area contributed by atoms with Crippen molar-refractivity contribution < 1.29 is 18.3 Å². The first kappa shape index (κ1) is 18.8. The molecule has 0 bridgehead atoms. The van der Waals surface area contributed by atoms with Crippen LogP contribution in [0.3, 0.4) is 0 Å². The first-order valence-electron chi connectivity index (χ1n) is 8.43. The molecular weight excluding hydrogens is 314 g/mol. The van der Waals surface area contributed by atoms with Crippen molar-refractivity contribution in [3.63, 3.8) is 0 Å². The molecule has 1 saturated heterocycles. The molecule has 0 aliphatic carbocycles. The Morgan fingerprint density at radius 2 is 2.00 bits per heavy atom. The second-order valence-corrected chi connectivity index (χ2v) is 6.38. The summed E-state index contributed by atoms with van der Waals surface area (Å²) < 4.78 is 32.2. The van der Waals surface area contributed by atoms with Crippen LogP contribution in [0.2, 0.25) is 0 Å². The van der Waals surface area contributed by atoms with Gasteiger partial charge < -0.3 is 10.1 Å². The van der Waals surface area contributed by atoms with Crippen LogP contribution in [0.4, 0.5) is 8.78 Å². The van der Waals surface area contributed by atoms with Crippen LogP contribution in [-0.2, 0) is 22.7 Å². The number of hydrogen-bond acceptors (Lipinski definition) is 3. The SMILES string of the molecule is CCOCc1ccc(CNC(=O)CN2CCC(F)(F)C(C)C2)cc1. The predicted molar refractivity (Wildman–Crippen MR) is 88.8 cm³/mol. The molecule has 0 saturated carbocycles. The lowest BCUT2D eigenvalue weighted by molar-refractivity contribution is -0.128. The van der Waals surface area contributed by atoms with Gasteiger partial charge in [0, 0.05) is 38.6 Å². The van der Waals surface area contributed by atoms with E-state index in [9.17, 15) is 13.6 Å². The minimum absolute atomic E-state index is 0.134. The Labute approximate surface area is 142 Å². The Kier molecular flexibility index (Phi) is 6.69. The molecule has 0 radical (unpaired) electrons. The van der Waals surface area contributed by atoms with Crippen molar-refractivity contribution in [1.82, 2.24) is 10.2 Å². The number of ether oxygens (including phenoxy) is 1. The summed E-state index contributed by atoms with van der Waals surface area (Å²) in [5.74, 6) is -3.46. The maximum Gasteiger partial charge on any atom is 0.253 e. The van der Waals surface area contributed by atoms with E-state index in [1.165, 1.54) is 6.92 Å². The fourth-order valence-electron chi connectivity index (χ4n) is 2.74. The third kappa shape index (κ3) is 5.53. The van der Waals surface area contributed by atoms with Gasteiger partial charge in [-0.2, -0.15) is 0 Å². The van der Waals surface area contributed by atoms with Crippen LogP contribution in [-0.4, -0.2) is 43.0 Å². The number of halogens is 2. The van der Waals surface area contributed by atoms with E-state index in [-0.39, 0.29) is 32.0 Å². The van der Waals surface area contributed by atoms with Gasteiger partial charge in [-0.25, -0.2) is 8.78 Å². The Hall–Kier alpha value is -1.53. The van der Waals surface area contributed by atoms with Crippen molar-refractivity contribution in [3.05, 3.63) is 35.4 Å². The number of nitrogens with one attached hydrogen (secondary N) is 1. The highest BCUT2D eigenvalue weighted by atomic mass is 19.3. The van der Waals surface area contributed by atoms with Gasteiger partial charge in [0.05, 0.1) is 13.2 Å². The largest absolute Gasteiger partial charge is 0.377 e. The summed E-state index contributed by atoms with van der Waals surface area (Å²) in [5.41, 5.74) is 2.09. The molecule has 1 aromatic rings. The normalized spacial score (nSPS) is 20.8. The van der Waals surface area contributed by atoms with E-state index in [1.54, 1.807) is 4.90 Å². The topological polar surface area (TPSA) is 41.6 Å². The van der Waals surface area contributed by atoms with Gasteiger partial charge in [0.25, 0.3) is 5.92 Å². The van der Waals surface area contributed by atoms with Gasteiger partial charge in [-0.1, -0.05) is 31.2 Å². The van der Waals surface area contributed by atoms with Gasteiger partial charge in [0.1, 0.15) is 0 Å². The summed E-state index contributed by atoms with van der Waals surface area (Å²) in [6.07, 6.45) is -0.178. The van der Waals surface area contributed by atoms with E-state index in [1.807, 2.05) is 31.2 Å². The van der Waals surface area contributed by atoms with Gasteiger partial charge in [-0.15, -0.1) is 0 Å². The van der Waals surface area contributed by atoms with Crippen molar-refractivity contribution in [3.8, 4) is 0 Å². The molecule has 2 rings (SSSR count). The zero-order chi connectivity index (χ0) is 17.6. The first-order valence-corrected chi connectivity index (χ1v) is 8.43. The highest BCUT2D eigenvalue weighted by Gasteiger charge is 2.41. The minimum atomic E-state index is -2.61. The van der Waals surface area contributed by atoms with E-state index in [2.05, 4.69) is 5.32 Å². The Morgan fingerprint density at radius 1 is 1.33 bits per heavy atom. The van der Waals surface area contributed by atoms with Crippen LogP contribution in [0.15, 0.2) is 24.3 Å². The second kappa shape index (κ2) is 8.53. The number of rotatable bonds is 7. The number of benzene rings is 1. The van der Waals surface area contributed by atoms with Crippen LogP contribution < -0.4 is 5.32 Å². The molecule has 1 atom stereocenters.